The number of aryl methyl sites for hydroxylation is 1. The molecule has 174 valence electrons. The first-order valence-electron chi connectivity index (χ1n) is 11.7. The molecule has 5 rings (SSSR count). The molecular formula is C26H32N4O3. The van der Waals surface area contributed by atoms with Crippen LogP contribution >= 0.6 is 0 Å². The van der Waals surface area contributed by atoms with Crippen molar-refractivity contribution in [3.05, 3.63) is 65.6 Å². The number of benzene rings is 1. The Hall–Kier alpha value is -2.90. The van der Waals surface area contributed by atoms with E-state index < -0.39 is 5.79 Å². The van der Waals surface area contributed by atoms with Gasteiger partial charge in [0, 0.05) is 70.4 Å². The molecule has 2 aliphatic heterocycles. The second-order valence-corrected chi connectivity index (χ2v) is 9.30. The summed E-state index contributed by atoms with van der Waals surface area (Å²) >= 11 is 0. The normalized spacial score (nSPS) is 18.7. The third-order valence-electron chi connectivity index (χ3n) is 7.00. The number of imidazole rings is 1. The van der Waals surface area contributed by atoms with Gasteiger partial charge in [-0.2, -0.15) is 0 Å². The maximum absolute atomic E-state index is 13.5. The van der Waals surface area contributed by atoms with Crippen LogP contribution in [0, 0.1) is 6.92 Å². The van der Waals surface area contributed by atoms with Gasteiger partial charge in [0.05, 0.1) is 18.9 Å². The van der Waals surface area contributed by atoms with Crippen molar-refractivity contribution in [2.75, 3.05) is 45.3 Å². The van der Waals surface area contributed by atoms with Crippen molar-refractivity contribution in [2.24, 2.45) is 0 Å². The largest absolute Gasteiger partial charge is 0.378 e. The number of hydrogen-bond acceptors (Lipinski definition) is 5. The molecule has 1 unspecified atom stereocenters. The molecular weight excluding hydrogens is 416 g/mol. The molecule has 1 spiro atoms. The quantitative estimate of drug-likeness (QED) is 0.597. The highest BCUT2D eigenvalue weighted by Crippen LogP contribution is 2.34. The van der Waals surface area contributed by atoms with Gasteiger partial charge in [0.15, 0.2) is 5.79 Å². The van der Waals surface area contributed by atoms with Crippen LogP contribution < -0.4 is 4.90 Å². The highest BCUT2D eigenvalue weighted by atomic mass is 16.7. The summed E-state index contributed by atoms with van der Waals surface area (Å²) in [5.41, 5.74) is 5.35. The second kappa shape index (κ2) is 8.80. The Labute approximate surface area is 194 Å². The topological polar surface area (TPSA) is 59.3 Å². The molecule has 7 heteroatoms. The number of carbonyl (C=O) groups excluding carboxylic acids is 1. The summed E-state index contributed by atoms with van der Waals surface area (Å²) in [6.45, 7) is 4.68. The van der Waals surface area contributed by atoms with Crippen LogP contribution in [0.2, 0.25) is 0 Å². The number of piperidine rings is 1. The van der Waals surface area contributed by atoms with Crippen molar-refractivity contribution in [1.82, 2.24) is 14.3 Å². The van der Waals surface area contributed by atoms with E-state index in [9.17, 15) is 4.79 Å². The minimum Gasteiger partial charge on any atom is -0.378 e. The number of aromatic nitrogens is 2. The molecule has 0 radical (unpaired) electrons. The van der Waals surface area contributed by atoms with Crippen molar-refractivity contribution in [3.8, 4) is 0 Å². The summed E-state index contributed by atoms with van der Waals surface area (Å²) in [4.78, 5) is 22.2. The van der Waals surface area contributed by atoms with Crippen LogP contribution in [0.4, 0.5) is 5.69 Å². The van der Waals surface area contributed by atoms with Crippen LogP contribution in [0.5, 0.6) is 0 Å². The van der Waals surface area contributed by atoms with E-state index in [0.29, 0.717) is 32.7 Å². The van der Waals surface area contributed by atoms with Gasteiger partial charge in [-0.1, -0.05) is 18.2 Å². The van der Waals surface area contributed by atoms with E-state index in [0.717, 1.165) is 41.0 Å². The number of likely N-dealkylation sites (tertiary alicyclic amines) is 1. The summed E-state index contributed by atoms with van der Waals surface area (Å²) in [7, 11) is 4.06. The summed E-state index contributed by atoms with van der Waals surface area (Å²) in [5, 5.41) is 0. The number of hydrogen-bond donors (Lipinski definition) is 0. The Morgan fingerprint density at radius 2 is 1.82 bits per heavy atom. The summed E-state index contributed by atoms with van der Waals surface area (Å²) in [5.74, 6) is -0.398. The predicted octanol–water partition coefficient (Wildman–Crippen LogP) is 3.60. The first-order valence-corrected chi connectivity index (χ1v) is 11.7. The predicted molar refractivity (Wildman–Crippen MR) is 128 cm³/mol. The average Bonchev–Trinajstić information content (AvgIpc) is 3.46. The van der Waals surface area contributed by atoms with Crippen LogP contribution in [-0.2, 0) is 14.3 Å². The summed E-state index contributed by atoms with van der Waals surface area (Å²) in [6, 6.07) is 12.6. The summed E-state index contributed by atoms with van der Waals surface area (Å²) < 4.78 is 13.8. The van der Waals surface area contributed by atoms with Crippen LogP contribution in [0.3, 0.4) is 0 Å². The summed E-state index contributed by atoms with van der Waals surface area (Å²) in [6.07, 6.45) is 5.82. The van der Waals surface area contributed by atoms with Gasteiger partial charge in [0.2, 0.25) is 5.91 Å². The number of anilines is 1. The fraction of sp³-hybridized carbons (Fsp3) is 0.462. The number of fused-ring (bicyclic) bond motifs is 1. The van der Waals surface area contributed by atoms with E-state index in [2.05, 4.69) is 51.5 Å². The van der Waals surface area contributed by atoms with Crippen molar-refractivity contribution >= 4 is 17.2 Å². The molecule has 4 heterocycles. The van der Waals surface area contributed by atoms with Crippen LogP contribution in [0.25, 0.3) is 5.65 Å². The number of nitrogens with zero attached hydrogens (tertiary/aromatic N) is 4. The van der Waals surface area contributed by atoms with E-state index in [1.54, 1.807) is 0 Å². The van der Waals surface area contributed by atoms with Gasteiger partial charge >= 0.3 is 0 Å². The number of amides is 1. The van der Waals surface area contributed by atoms with E-state index >= 15 is 0 Å². The van der Waals surface area contributed by atoms with E-state index in [4.69, 9.17) is 9.47 Å². The third kappa shape index (κ3) is 4.23. The lowest BCUT2D eigenvalue weighted by molar-refractivity contribution is -0.187. The van der Waals surface area contributed by atoms with Crippen LogP contribution in [-0.4, -0.2) is 66.4 Å². The first kappa shape index (κ1) is 21.9. The zero-order valence-electron chi connectivity index (χ0n) is 19.7. The molecule has 7 nitrogen and oxygen atoms in total. The second-order valence-electron chi connectivity index (χ2n) is 9.30. The molecule has 0 aliphatic carbocycles. The lowest BCUT2D eigenvalue weighted by Gasteiger charge is -2.38. The van der Waals surface area contributed by atoms with Crippen molar-refractivity contribution in [3.63, 3.8) is 0 Å². The minimum absolute atomic E-state index is 0.0830. The van der Waals surface area contributed by atoms with Gasteiger partial charge in [0.25, 0.3) is 0 Å². The van der Waals surface area contributed by atoms with Gasteiger partial charge in [0.1, 0.15) is 5.65 Å². The number of pyridine rings is 1. The van der Waals surface area contributed by atoms with Crippen molar-refractivity contribution < 1.29 is 14.3 Å². The zero-order valence-corrected chi connectivity index (χ0v) is 19.7. The van der Waals surface area contributed by atoms with Gasteiger partial charge in [-0.25, -0.2) is 4.98 Å². The molecule has 0 saturated carbocycles. The highest BCUT2D eigenvalue weighted by molar-refractivity contribution is 5.78. The maximum Gasteiger partial charge on any atom is 0.223 e. The van der Waals surface area contributed by atoms with Gasteiger partial charge in [-0.3, -0.25) is 4.79 Å². The molecule has 0 bridgehead atoms. The molecule has 0 N–H and O–H groups in total. The van der Waals surface area contributed by atoms with Crippen LogP contribution in [0.1, 0.15) is 42.0 Å². The molecule has 2 aromatic heterocycles. The molecule has 1 amide bonds. The zero-order chi connectivity index (χ0) is 23.0. The van der Waals surface area contributed by atoms with Crippen LogP contribution in [0.15, 0.2) is 48.8 Å². The van der Waals surface area contributed by atoms with E-state index in [1.807, 2.05) is 37.5 Å². The van der Waals surface area contributed by atoms with Gasteiger partial charge in [-0.15, -0.1) is 0 Å². The average molecular weight is 449 g/mol. The SMILES string of the molecule is Cc1cccn2c(C(CC(=O)N3CCC4(CC3)OCCO4)c3ccc(N(C)C)cc3)cnc12. The fourth-order valence-corrected chi connectivity index (χ4v) is 5.01. The minimum atomic E-state index is -0.475. The molecule has 33 heavy (non-hydrogen) atoms. The molecule has 2 aliphatic rings. The maximum atomic E-state index is 13.5. The first-order chi connectivity index (χ1) is 16.0. The lowest BCUT2D eigenvalue weighted by atomic mass is 9.91. The molecule has 1 aromatic carbocycles. The van der Waals surface area contributed by atoms with E-state index in [-0.39, 0.29) is 11.8 Å². The Morgan fingerprint density at radius 1 is 1.12 bits per heavy atom. The Morgan fingerprint density at radius 3 is 2.48 bits per heavy atom. The third-order valence-corrected chi connectivity index (χ3v) is 7.00. The standard InChI is InChI=1S/C26H32N4O3/c1-19-5-4-12-30-23(18-27-25(19)30)22(20-6-8-21(9-7-20)28(2)3)17-24(31)29-13-10-26(11-14-29)32-15-16-33-26/h4-9,12,18,22H,10-11,13-17H2,1-3H3. The van der Waals surface area contributed by atoms with Gasteiger partial charge in [-0.05, 0) is 36.2 Å². The van der Waals surface area contributed by atoms with Crippen molar-refractivity contribution in [1.29, 1.82) is 0 Å². The highest BCUT2D eigenvalue weighted by Gasteiger charge is 2.41. The number of carbonyl (C=O) groups is 1. The smallest absolute Gasteiger partial charge is 0.223 e. The van der Waals surface area contributed by atoms with E-state index in [1.165, 1.54) is 0 Å². The number of ether oxygens (including phenoxy) is 2. The Balaban J connectivity index is 1.42. The Bertz CT molecular complexity index is 1120. The molecule has 2 fully saturated rings. The monoisotopic (exact) mass is 448 g/mol. The number of rotatable bonds is 5. The van der Waals surface area contributed by atoms with Crippen molar-refractivity contribution in [2.45, 2.75) is 37.9 Å². The van der Waals surface area contributed by atoms with Gasteiger partial charge < -0.3 is 23.7 Å². The molecule has 2 saturated heterocycles. The fourth-order valence-electron chi connectivity index (χ4n) is 5.01. The molecule has 3 aromatic rings. The Kier molecular flexibility index (Phi) is 5.85. The lowest BCUT2D eigenvalue weighted by Crippen LogP contribution is -2.47. The molecule has 1 atom stereocenters.